The third-order valence-corrected chi connectivity index (χ3v) is 14.9. The number of rotatable bonds is 31. The molecule has 0 spiro atoms. The topological polar surface area (TPSA) is 0 Å². The van der Waals surface area contributed by atoms with Crippen LogP contribution < -0.4 is 0 Å². The predicted octanol–water partition coefficient (Wildman–Crippen LogP) is 16.1. The van der Waals surface area contributed by atoms with Gasteiger partial charge in [0.25, 0.3) is 0 Å². The Morgan fingerprint density at radius 1 is 0.500 bits per heavy atom. The monoisotopic (exact) mass is 693 g/mol. The van der Waals surface area contributed by atoms with E-state index in [0.29, 0.717) is 17.0 Å². The van der Waals surface area contributed by atoms with Gasteiger partial charge in [-0.05, 0) is 60.9 Å². The second-order valence-electron chi connectivity index (χ2n) is 15.4. The van der Waals surface area contributed by atoms with Gasteiger partial charge in [-0.1, -0.05) is 208 Å². The van der Waals surface area contributed by atoms with Gasteiger partial charge in [0.05, 0.1) is 0 Å². The largest absolute Gasteiger partial charge is 0.141 e. The summed E-state index contributed by atoms with van der Waals surface area (Å²) in [6, 6.07) is 0. The van der Waals surface area contributed by atoms with E-state index in [1.807, 2.05) is 0 Å². The van der Waals surface area contributed by atoms with Crippen LogP contribution in [0.25, 0.3) is 0 Å². The molecule has 0 rings (SSSR count). The van der Waals surface area contributed by atoms with Crippen molar-refractivity contribution in [2.45, 2.75) is 227 Å². The summed E-state index contributed by atoms with van der Waals surface area (Å²) in [5.41, 5.74) is 0. The molecule has 0 aliphatic rings. The molecule has 4 heteroatoms. The van der Waals surface area contributed by atoms with Gasteiger partial charge in [0.1, 0.15) is 0 Å². The summed E-state index contributed by atoms with van der Waals surface area (Å²) in [6.45, 7) is 18.2. The maximum absolute atomic E-state index is 5.47. The summed E-state index contributed by atoms with van der Waals surface area (Å²) >= 11 is 10.1. The maximum atomic E-state index is 5.47. The molecule has 268 valence electrons. The first-order valence-corrected chi connectivity index (χ1v) is 25.0. The SMILES string of the molecule is CC(C)CP(=S)(S)CC(C)C.CCCCCCCCCCCCC(CCCCCC)C(P)(CCCCCC)CCCCCC. The van der Waals surface area contributed by atoms with Gasteiger partial charge in [0, 0.05) is 5.24 Å². The highest BCUT2D eigenvalue weighted by atomic mass is 32.9. The van der Waals surface area contributed by atoms with E-state index in [2.05, 4.69) is 76.9 Å². The van der Waals surface area contributed by atoms with Crippen LogP contribution in [0.3, 0.4) is 0 Å². The molecule has 0 bridgehead atoms. The predicted molar refractivity (Wildman–Crippen MR) is 221 cm³/mol. The Morgan fingerprint density at radius 2 is 0.773 bits per heavy atom. The molecule has 0 amide bonds. The Kier molecular flexibility index (Phi) is 35.6. The van der Waals surface area contributed by atoms with E-state index in [-0.39, 0.29) is 0 Å². The van der Waals surface area contributed by atoms with E-state index in [0.717, 1.165) is 18.2 Å². The first-order valence-electron chi connectivity index (χ1n) is 20.1. The number of unbranched alkanes of at least 4 members (excludes halogenated alkanes) is 18. The summed E-state index contributed by atoms with van der Waals surface area (Å²) in [5.74, 6) is 2.35. The van der Waals surface area contributed by atoms with Crippen molar-refractivity contribution >= 4 is 38.5 Å². The van der Waals surface area contributed by atoms with Crippen LogP contribution in [0.4, 0.5) is 0 Å². The molecule has 0 nitrogen and oxygen atoms in total. The Hall–Kier alpha value is 1.43. The molecule has 0 N–H and O–H groups in total. The molecule has 0 aromatic rings. The van der Waals surface area contributed by atoms with Crippen molar-refractivity contribution in [2.75, 3.05) is 12.3 Å². The fourth-order valence-corrected chi connectivity index (χ4v) is 13.8. The smallest absolute Gasteiger partial charge is 0.00393 e. The molecule has 0 saturated heterocycles. The van der Waals surface area contributed by atoms with Gasteiger partial charge in [-0.25, -0.2) is 0 Å². The van der Waals surface area contributed by atoms with Crippen LogP contribution in [0.2, 0.25) is 0 Å². The van der Waals surface area contributed by atoms with Crippen LogP contribution in [-0.4, -0.2) is 17.5 Å². The molecule has 2 atom stereocenters. The van der Waals surface area contributed by atoms with Crippen LogP contribution in [-0.2, 0) is 11.8 Å². The molecular weight excluding hydrogens is 607 g/mol. The van der Waals surface area contributed by atoms with Crippen LogP contribution in [0.15, 0.2) is 0 Å². The summed E-state index contributed by atoms with van der Waals surface area (Å²) in [6.07, 6.45) is 39.9. The quantitative estimate of drug-likeness (QED) is 0.0429. The number of hydrogen-bond acceptors (Lipinski definition) is 1. The lowest BCUT2D eigenvalue weighted by molar-refractivity contribution is 0.270. The van der Waals surface area contributed by atoms with Gasteiger partial charge in [0.15, 0.2) is 0 Å². The van der Waals surface area contributed by atoms with E-state index in [1.54, 1.807) is 0 Å². The van der Waals surface area contributed by atoms with Gasteiger partial charge < -0.3 is 0 Å². The molecule has 44 heavy (non-hydrogen) atoms. The van der Waals surface area contributed by atoms with Gasteiger partial charge in [-0.3, -0.25) is 0 Å². The van der Waals surface area contributed by atoms with Crippen LogP contribution in [0.1, 0.15) is 222 Å². The summed E-state index contributed by atoms with van der Waals surface area (Å²) in [5, 5.41) is -0.756. The maximum Gasteiger partial charge on any atom is 0.00393 e. The second-order valence-corrected chi connectivity index (χ2v) is 24.1. The van der Waals surface area contributed by atoms with Gasteiger partial charge in [-0.2, -0.15) is 0 Å². The van der Waals surface area contributed by atoms with E-state index in [9.17, 15) is 0 Å². The van der Waals surface area contributed by atoms with Crippen LogP contribution in [0, 0.1) is 17.8 Å². The molecule has 0 fully saturated rings. The first-order chi connectivity index (χ1) is 21.0. The van der Waals surface area contributed by atoms with Crippen LogP contribution in [0.5, 0.6) is 0 Å². The first kappa shape index (κ1) is 47.5. The number of hydrogen-bond donors (Lipinski definition) is 1. The van der Waals surface area contributed by atoms with Crippen molar-refractivity contribution in [1.82, 2.24) is 0 Å². The third kappa shape index (κ3) is 32.0. The zero-order valence-corrected chi connectivity index (χ0v) is 35.7. The van der Waals surface area contributed by atoms with Crippen molar-refractivity contribution in [2.24, 2.45) is 17.8 Å². The summed E-state index contributed by atoms with van der Waals surface area (Å²) in [4.78, 5) is 0. The average Bonchev–Trinajstić information content (AvgIpc) is 2.94. The fourth-order valence-electron chi connectivity index (χ4n) is 6.93. The molecule has 0 heterocycles. The Balaban J connectivity index is 0. The lowest BCUT2D eigenvalue weighted by Gasteiger charge is -2.39. The van der Waals surface area contributed by atoms with E-state index in [1.165, 1.54) is 167 Å². The number of thiol groups is 1. The van der Waals surface area contributed by atoms with Crippen LogP contribution >= 0.6 is 26.7 Å². The standard InChI is InChI=1S/C32H67P.C8H19PS2/c1-5-9-13-17-18-19-20-21-22-24-28-31(27-23-14-10-6-2)32(33,29-25-15-11-7-3)30-26-16-12-8-4;1-7(2)5-9(10,11)6-8(3)4/h31H,5-30,33H2,1-4H3;7-8H,5-6H2,1-4H3,(H,10,11). The molecule has 0 saturated carbocycles. The van der Waals surface area contributed by atoms with Crippen molar-refractivity contribution in [3.05, 3.63) is 0 Å². The van der Waals surface area contributed by atoms with E-state index < -0.39 is 5.24 Å². The lowest BCUT2D eigenvalue weighted by atomic mass is 9.77. The highest BCUT2D eigenvalue weighted by molar-refractivity contribution is 8.63. The van der Waals surface area contributed by atoms with Crippen molar-refractivity contribution < 1.29 is 0 Å². The Bertz CT molecular complexity index is 592. The van der Waals surface area contributed by atoms with Gasteiger partial charge in [-0.15, -0.1) is 21.5 Å². The minimum atomic E-state index is -1.28. The summed E-state index contributed by atoms with van der Waals surface area (Å²) < 4.78 is 0. The zero-order chi connectivity index (χ0) is 33.5. The third-order valence-electron chi connectivity index (χ3n) is 9.42. The highest BCUT2D eigenvalue weighted by Gasteiger charge is 2.32. The average molecular weight is 693 g/mol. The minimum Gasteiger partial charge on any atom is -0.141 e. The fraction of sp³-hybridized carbons (Fsp3) is 1.00. The molecule has 0 radical (unpaired) electrons. The van der Waals surface area contributed by atoms with Gasteiger partial charge >= 0.3 is 0 Å². The highest BCUT2D eigenvalue weighted by Crippen LogP contribution is 2.53. The minimum absolute atomic E-state index is 0.521. The zero-order valence-electron chi connectivity index (χ0n) is 31.9. The molecular formula is C40H86P2S2. The van der Waals surface area contributed by atoms with Crippen molar-refractivity contribution in [3.63, 3.8) is 0 Å². The Morgan fingerprint density at radius 3 is 1.09 bits per heavy atom. The lowest BCUT2D eigenvalue weighted by Crippen LogP contribution is -2.32. The normalized spacial score (nSPS) is 13.0. The molecule has 0 aromatic heterocycles. The second kappa shape index (κ2) is 33.0. The molecule has 0 aliphatic carbocycles. The van der Waals surface area contributed by atoms with Gasteiger partial charge in [0.2, 0.25) is 0 Å². The van der Waals surface area contributed by atoms with Crippen molar-refractivity contribution in [1.29, 1.82) is 0 Å². The van der Waals surface area contributed by atoms with E-state index in [4.69, 9.17) is 11.8 Å². The molecule has 0 aromatic carbocycles. The molecule has 2 unspecified atom stereocenters. The van der Waals surface area contributed by atoms with Crippen molar-refractivity contribution in [3.8, 4) is 0 Å². The van der Waals surface area contributed by atoms with E-state index >= 15 is 0 Å². The summed E-state index contributed by atoms with van der Waals surface area (Å²) in [7, 11) is 3.49. The Labute approximate surface area is 294 Å². The molecule has 0 aliphatic heterocycles.